The molecule has 2 unspecified atom stereocenters. The van der Waals surface area contributed by atoms with Gasteiger partial charge in [-0.3, -0.25) is 0 Å². The van der Waals surface area contributed by atoms with E-state index >= 15 is 0 Å². The van der Waals surface area contributed by atoms with E-state index in [1.807, 2.05) is 24.8 Å². The van der Waals surface area contributed by atoms with Gasteiger partial charge < -0.3 is 15.7 Å². The molecule has 0 saturated carbocycles. The molecule has 0 spiro atoms. The molecule has 0 bridgehead atoms. The number of aromatic hydroxyl groups is 1. The number of nitrogens with two attached hydrogens (primary N) is 1. The molecule has 0 aliphatic carbocycles. The summed E-state index contributed by atoms with van der Waals surface area (Å²) in [7, 11) is -3.28. The number of para-hydroxylation sites is 1. The number of nitrogens with zero attached hydrogens (tertiary/aromatic N) is 4. The van der Waals surface area contributed by atoms with Crippen LogP contribution in [0, 0.1) is 0 Å². The maximum Gasteiger partial charge on any atom is 0.211 e. The van der Waals surface area contributed by atoms with Gasteiger partial charge in [-0.15, -0.1) is 10.2 Å². The fourth-order valence-corrected chi connectivity index (χ4v) is 5.07. The van der Waals surface area contributed by atoms with Crippen molar-refractivity contribution in [3.63, 3.8) is 0 Å². The van der Waals surface area contributed by atoms with Gasteiger partial charge in [0.25, 0.3) is 0 Å². The molecular weight excluding hydrogens is 354 g/mol. The number of phenolic OH excluding ortho intramolecular Hbond substituents is 1. The lowest BCUT2D eigenvalue weighted by atomic mass is 10.1. The zero-order valence-corrected chi connectivity index (χ0v) is 15.8. The van der Waals surface area contributed by atoms with Crippen molar-refractivity contribution in [1.29, 1.82) is 0 Å². The van der Waals surface area contributed by atoms with Gasteiger partial charge in [0.2, 0.25) is 10.0 Å². The maximum atomic E-state index is 12.0. The Hall–Kier alpha value is -2.39. The van der Waals surface area contributed by atoms with Crippen LogP contribution in [0.15, 0.2) is 30.3 Å². The van der Waals surface area contributed by atoms with Crippen molar-refractivity contribution < 1.29 is 13.5 Å². The van der Waals surface area contributed by atoms with E-state index in [1.165, 1.54) is 10.6 Å². The molecule has 1 aliphatic rings. The van der Waals surface area contributed by atoms with Crippen molar-refractivity contribution >= 4 is 21.5 Å². The van der Waals surface area contributed by atoms with Crippen LogP contribution in [0.2, 0.25) is 0 Å². The maximum absolute atomic E-state index is 12.0. The second-order valence-corrected chi connectivity index (χ2v) is 8.60. The lowest BCUT2D eigenvalue weighted by molar-refractivity contribution is 0.243. The third kappa shape index (κ3) is 3.45. The van der Waals surface area contributed by atoms with E-state index in [2.05, 4.69) is 10.2 Å². The van der Waals surface area contributed by atoms with Gasteiger partial charge in [-0.25, -0.2) is 8.42 Å². The predicted octanol–water partition coefficient (Wildman–Crippen LogP) is 1.29. The number of anilines is 2. The van der Waals surface area contributed by atoms with Crippen LogP contribution < -0.4 is 10.6 Å². The Kier molecular flexibility index (Phi) is 4.76. The standard InChI is InChI=1S/C17H23N5O3S/c1-11-9-21(10-12(2)22(11)26(3,24)25)15-8-14(19-20-17(15)18)13-6-4-5-7-16(13)23/h4-8,11-12,23H,9-10H2,1-3H3,(H2,18,20). The number of nitrogen functional groups attached to an aromatic ring is 1. The molecule has 2 heterocycles. The first-order valence-electron chi connectivity index (χ1n) is 8.33. The average Bonchev–Trinajstić information content (AvgIpc) is 2.54. The Labute approximate surface area is 153 Å². The van der Waals surface area contributed by atoms with Gasteiger partial charge in [0.1, 0.15) is 5.75 Å². The highest BCUT2D eigenvalue weighted by Gasteiger charge is 2.36. The molecule has 9 heteroatoms. The van der Waals surface area contributed by atoms with Crippen molar-refractivity contribution in [3.05, 3.63) is 30.3 Å². The van der Waals surface area contributed by atoms with Gasteiger partial charge in [0, 0.05) is 30.7 Å². The van der Waals surface area contributed by atoms with Gasteiger partial charge in [-0.1, -0.05) is 12.1 Å². The molecule has 1 saturated heterocycles. The highest BCUT2D eigenvalue weighted by molar-refractivity contribution is 7.88. The van der Waals surface area contributed by atoms with Crippen LogP contribution in [0.4, 0.5) is 11.5 Å². The number of aromatic nitrogens is 2. The molecule has 0 radical (unpaired) electrons. The van der Waals surface area contributed by atoms with E-state index in [9.17, 15) is 13.5 Å². The van der Waals surface area contributed by atoms with Gasteiger partial charge in [-0.2, -0.15) is 4.31 Å². The largest absolute Gasteiger partial charge is 0.507 e. The number of phenols is 1. The Bertz CT molecular complexity index is 906. The van der Waals surface area contributed by atoms with Crippen LogP contribution >= 0.6 is 0 Å². The van der Waals surface area contributed by atoms with Crippen LogP contribution in [0.25, 0.3) is 11.3 Å². The molecule has 2 aromatic rings. The third-order valence-electron chi connectivity index (χ3n) is 4.54. The molecule has 3 N–H and O–H groups in total. The third-order valence-corrected chi connectivity index (χ3v) is 6.03. The van der Waals surface area contributed by atoms with Gasteiger partial charge in [0.05, 0.1) is 17.6 Å². The summed E-state index contributed by atoms with van der Waals surface area (Å²) in [4.78, 5) is 2.02. The van der Waals surface area contributed by atoms with Crippen molar-refractivity contribution in [2.75, 3.05) is 30.0 Å². The minimum Gasteiger partial charge on any atom is -0.507 e. The van der Waals surface area contributed by atoms with Crippen molar-refractivity contribution in [3.8, 4) is 17.0 Å². The molecule has 140 valence electrons. The minimum absolute atomic E-state index is 0.112. The lowest BCUT2D eigenvalue weighted by Gasteiger charge is -2.43. The fraction of sp³-hybridized carbons (Fsp3) is 0.412. The quantitative estimate of drug-likeness (QED) is 0.829. The number of benzene rings is 1. The molecule has 1 aromatic heterocycles. The molecular formula is C17H23N5O3S. The highest BCUT2D eigenvalue weighted by atomic mass is 32.2. The molecule has 0 amide bonds. The molecule has 1 fully saturated rings. The van der Waals surface area contributed by atoms with Gasteiger partial charge in [0.15, 0.2) is 5.82 Å². The number of sulfonamides is 1. The van der Waals surface area contributed by atoms with E-state index in [1.54, 1.807) is 24.3 Å². The van der Waals surface area contributed by atoms with Crippen LogP contribution in [0.1, 0.15) is 13.8 Å². The summed E-state index contributed by atoms with van der Waals surface area (Å²) >= 11 is 0. The van der Waals surface area contributed by atoms with Gasteiger partial charge >= 0.3 is 0 Å². The van der Waals surface area contributed by atoms with Crippen LogP contribution in [0.3, 0.4) is 0 Å². The SMILES string of the molecule is CC1CN(c2cc(-c3ccccc3O)nnc2N)CC(C)N1S(C)(=O)=O. The van der Waals surface area contributed by atoms with Crippen LogP contribution in [-0.4, -0.2) is 59.5 Å². The normalized spacial score (nSPS) is 21.7. The van der Waals surface area contributed by atoms with E-state index in [4.69, 9.17) is 5.73 Å². The first-order chi connectivity index (χ1) is 12.2. The summed E-state index contributed by atoms with van der Waals surface area (Å²) in [6, 6.07) is 8.27. The molecule has 26 heavy (non-hydrogen) atoms. The van der Waals surface area contributed by atoms with E-state index in [0.717, 1.165) is 0 Å². The predicted molar refractivity (Wildman–Crippen MR) is 101 cm³/mol. The van der Waals surface area contributed by atoms with Crippen molar-refractivity contribution in [2.45, 2.75) is 25.9 Å². The summed E-state index contributed by atoms with van der Waals surface area (Å²) < 4.78 is 25.6. The first-order valence-corrected chi connectivity index (χ1v) is 10.2. The Morgan fingerprint density at radius 3 is 2.35 bits per heavy atom. The zero-order valence-electron chi connectivity index (χ0n) is 15.0. The second-order valence-electron chi connectivity index (χ2n) is 6.71. The summed E-state index contributed by atoms with van der Waals surface area (Å²) in [6.07, 6.45) is 1.23. The number of hydrogen-bond acceptors (Lipinski definition) is 7. The average molecular weight is 377 g/mol. The first kappa shape index (κ1) is 18.4. The smallest absolute Gasteiger partial charge is 0.211 e. The lowest BCUT2D eigenvalue weighted by Crippen LogP contribution is -2.58. The van der Waals surface area contributed by atoms with Crippen molar-refractivity contribution in [1.82, 2.24) is 14.5 Å². The van der Waals surface area contributed by atoms with E-state index in [0.29, 0.717) is 30.0 Å². The highest BCUT2D eigenvalue weighted by Crippen LogP contribution is 2.33. The molecule has 2 atom stereocenters. The Morgan fingerprint density at radius 1 is 1.15 bits per heavy atom. The number of rotatable bonds is 3. The Morgan fingerprint density at radius 2 is 1.77 bits per heavy atom. The van der Waals surface area contributed by atoms with Gasteiger partial charge in [-0.05, 0) is 32.0 Å². The summed E-state index contributed by atoms with van der Waals surface area (Å²) in [5.41, 5.74) is 7.80. The summed E-state index contributed by atoms with van der Waals surface area (Å²) in [5.74, 6) is 0.387. The minimum atomic E-state index is -3.28. The van der Waals surface area contributed by atoms with E-state index < -0.39 is 10.0 Å². The number of hydrogen-bond donors (Lipinski definition) is 2. The molecule has 8 nitrogen and oxygen atoms in total. The number of piperazine rings is 1. The zero-order chi connectivity index (χ0) is 19.1. The van der Waals surface area contributed by atoms with Crippen LogP contribution in [-0.2, 0) is 10.0 Å². The van der Waals surface area contributed by atoms with E-state index in [-0.39, 0.29) is 23.7 Å². The second kappa shape index (κ2) is 6.73. The molecule has 1 aliphatic heterocycles. The molecule has 3 rings (SSSR count). The topological polar surface area (TPSA) is 113 Å². The van der Waals surface area contributed by atoms with Crippen molar-refractivity contribution in [2.24, 2.45) is 0 Å². The monoisotopic (exact) mass is 377 g/mol. The van der Waals surface area contributed by atoms with Crippen LogP contribution in [0.5, 0.6) is 5.75 Å². The molecule has 1 aromatic carbocycles. The summed E-state index contributed by atoms with van der Waals surface area (Å²) in [6.45, 7) is 4.73. The Balaban J connectivity index is 1.95. The summed E-state index contributed by atoms with van der Waals surface area (Å²) in [5, 5.41) is 18.2. The fourth-order valence-electron chi connectivity index (χ4n) is 3.62.